The fourth-order valence-corrected chi connectivity index (χ4v) is 3.48. The molecule has 0 aliphatic rings. The molecule has 4 heteroatoms. The molecule has 0 aliphatic heterocycles. The van der Waals surface area contributed by atoms with Gasteiger partial charge in [-0.25, -0.2) is 0 Å². The highest BCUT2D eigenvalue weighted by Gasteiger charge is 2.20. The van der Waals surface area contributed by atoms with Crippen LogP contribution in [0.15, 0.2) is 76.5 Å². The first kappa shape index (κ1) is 18.3. The van der Waals surface area contributed by atoms with Gasteiger partial charge >= 0.3 is 0 Å². The van der Waals surface area contributed by atoms with E-state index in [0.717, 1.165) is 15.7 Å². The third-order valence-corrected chi connectivity index (χ3v) is 5.11. The maximum Gasteiger partial charge on any atom is 0.0878 e. The fourth-order valence-electron chi connectivity index (χ4n) is 3.22. The molecule has 0 fully saturated rings. The SMILES string of the molecule is Cc1cc(/C(CC(c2ccc(Br)cc2)c2ccccc2C)=N\O)ccn1. The number of hydrogen-bond acceptors (Lipinski definition) is 3. The average molecular weight is 409 g/mol. The van der Waals surface area contributed by atoms with E-state index in [-0.39, 0.29) is 5.92 Å². The summed E-state index contributed by atoms with van der Waals surface area (Å²) in [6, 6.07) is 20.5. The quantitative estimate of drug-likeness (QED) is 0.326. The number of halogens is 1. The second-order valence-electron chi connectivity index (χ2n) is 6.40. The molecule has 0 spiro atoms. The van der Waals surface area contributed by atoms with Crippen LogP contribution in [0.3, 0.4) is 0 Å². The molecule has 1 atom stereocenters. The van der Waals surface area contributed by atoms with Crippen LogP contribution in [0.25, 0.3) is 0 Å². The smallest absolute Gasteiger partial charge is 0.0878 e. The van der Waals surface area contributed by atoms with E-state index in [1.54, 1.807) is 6.20 Å². The van der Waals surface area contributed by atoms with Gasteiger partial charge in [-0.2, -0.15) is 0 Å². The molecule has 1 N–H and O–H groups in total. The zero-order chi connectivity index (χ0) is 18.5. The molecule has 0 amide bonds. The number of pyridine rings is 1. The summed E-state index contributed by atoms with van der Waals surface area (Å²) in [5, 5.41) is 13.3. The summed E-state index contributed by atoms with van der Waals surface area (Å²) in [6.45, 7) is 4.06. The number of rotatable bonds is 5. The third-order valence-electron chi connectivity index (χ3n) is 4.58. The highest BCUT2D eigenvalue weighted by Crippen LogP contribution is 2.32. The van der Waals surface area contributed by atoms with Crippen molar-refractivity contribution in [2.24, 2.45) is 5.16 Å². The van der Waals surface area contributed by atoms with Gasteiger partial charge in [-0.3, -0.25) is 4.98 Å². The molecule has 0 radical (unpaired) electrons. The van der Waals surface area contributed by atoms with Gasteiger partial charge in [0.15, 0.2) is 0 Å². The lowest BCUT2D eigenvalue weighted by Gasteiger charge is -2.21. The molecular weight excluding hydrogens is 388 g/mol. The molecule has 0 saturated carbocycles. The van der Waals surface area contributed by atoms with E-state index in [9.17, 15) is 5.21 Å². The van der Waals surface area contributed by atoms with Crippen LogP contribution in [0.4, 0.5) is 0 Å². The molecular formula is C22H21BrN2O. The predicted molar refractivity (Wildman–Crippen MR) is 109 cm³/mol. The van der Waals surface area contributed by atoms with Crippen LogP contribution in [0.2, 0.25) is 0 Å². The standard InChI is InChI=1S/C22H21BrN2O/c1-15-5-3-4-6-20(15)21(17-7-9-19(23)10-8-17)14-22(25-26)18-11-12-24-16(2)13-18/h3-13,21,26H,14H2,1-2H3/b25-22-. The van der Waals surface area contributed by atoms with Crippen molar-refractivity contribution in [3.05, 3.63) is 99.3 Å². The van der Waals surface area contributed by atoms with E-state index in [1.807, 2.05) is 37.3 Å². The predicted octanol–water partition coefficient (Wildman–Crippen LogP) is 5.86. The number of hydrogen-bond donors (Lipinski definition) is 1. The van der Waals surface area contributed by atoms with Gasteiger partial charge in [-0.1, -0.05) is 57.5 Å². The van der Waals surface area contributed by atoms with Crippen molar-refractivity contribution in [2.45, 2.75) is 26.2 Å². The van der Waals surface area contributed by atoms with Gasteiger partial charge in [-0.15, -0.1) is 0 Å². The highest BCUT2D eigenvalue weighted by atomic mass is 79.9. The van der Waals surface area contributed by atoms with Crippen molar-refractivity contribution >= 4 is 21.6 Å². The molecule has 0 saturated heterocycles. The summed E-state index contributed by atoms with van der Waals surface area (Å²) < 4.78 is 1.05. The molecule has 0 bridgehead atoms. The van der Waals surface area contributed by atoms with Gasteiger partial charge < -0.3 is 5.21 Å². The Kier molecular flexibility index (Phi) is 5.84. The molecule has 1 unspecified atom stereocenters. The maximum atomic E-state index is 9.69. The zero-order valence-corrected chi connectivity index (χ0v) is 16.4. The lowest BCUT2D eigenvalue weighted by Crippen LogP contribution is -2.12. The van der Waals surface area contributed by atoms with Gasteiger partial charge in [0.25, 0.3) is 0 Å². The summed E-state index contributed by atoms with van der Waals surface area (Å²) in [6.07, 6.45) is 2.35. The number of oxime groups is 1. The molecule has 2 aromatic carbocycles. The first-order chi connectivity index (χ1) is 12.6. The maximum absolute atomic E-state index is 9.69. The minimum atomic E-state index is 0.101. The largest absolute Gasteiger partial charge is 0.411 e. The van der Waals surface area contributed by atoms with E-state index in [0.29, 0.717) is 12.1 Å². The van der Waals surface area contributed by atoms with E-state index >= 15 is 0 Å². The van der Waals surface area contributed by atoms with Gasteiger partial charge in [0, 0.05) is 34.3 Å². The van der Waals surface area contributed by atoms with Crippen LogP contribution in [-0.4, -0.2) is 15.9 Å². The number of aromatic nitrogens is 1. The molecule has 3 nitrogen and oxygen atoms in total. The van der Waals surface area contributed by atoms with Crippen LogP contribution in [0, 0.1) is 13.8 Å². The van der Waals surface area contributed by atoms with Gasteiger partial charge in [0.05, 0.1) is 5.71 Å². The zero-order valence-electron chi connectivity index (χ0n) is 14.9. The first-order valence-corrected chi connectivity index (χ1v) is 9.32. The van der Waals surface area contributed by atoms with Crippen molar-refractivity contribution < 1.29 is 5.21 Å². The Morgan fingerprint density at radius 2 is 1.81 bits per heavy atom. The van der Waals surface area contributed by atoms with Crippen molar-refractivity contribution in [2.75, 3.05) is 0 Å². The summed E-state index contributed by atoms with van der Waals surface area (Å²) >= 11 is 3.50. The van der Waals surface area contributed by atoms with Crippen molar-refractivity contribution in [3.63, 3.8) is 0 Å². The van der Waals surface area contributed by atoms with Crippen molar-refractivity contribution in [1.29, 1.82) is 0 Å². The van der Waals surface area contributed by atoms with Crippen LogP contribution in [-0.2, 0) is 0 Å². The molecule has 3 aromatic rings. The minimum absolute atomic E-state index is 0.101. The van der Waals surface area contributed by atoms with Crippen LogP contribution < -0.4 is 0 Å². The first-order valence-electron chi connectivity index (χ1n) is 8.53. The average Bonchev–Trinajstić information content (AvgIpc) is 2.65. The Labute approximate surface area is 162 Å². The molecule has 132 valence electrons. The van der Waals surface area contributed by atoms with Gasteiger partial charge in [0.1, 0.15) is 0 Å². The minimum Gasteiger partial charge on any atom is -0.411 e. The summed E-state index contributed by atoms with van der Waals surface area (Å²) in [7, 11) is 0. The Balaban J connectivity index is 2.03. The number of benzene rings is 2. The number of aryl methyl sites for hydroxylation is 2. The van der Waals surface area contributed by atoms with Crippen LogP contribution in [0.1, 0.15) is 40.3 Å². The topological polar surface area (TPSA) is 45.5 Å². The molecule has 1 aromatic heterocycles. The lowest BCUT2D eigenvalue weighted by molar-refractivity contribution is 0.317. The Hall–Kier alpha value is -2.46. The fraction of sp³-hybridized carbons (Fsp3) is 0.182. The highest BCUT2D eigenvalue weighted by molar-refractivity contribution is 9.10. The summed E-state index contributed by atoms with van der Waals surface area (Å²) in [5.41, 5.74) is 6.11. The lowest BCUT2D eigenvalue weighted by atomic mass is 9.83. The Morgan fingerprint density at radius 1 is 1.08 bits per heavy atom. The van der Waals surface area contributed by atoms with E-state index in [1.165, 1.54) is 16.7 Å². The Morgan fingerprint density at radius 3 is 2.46 bits per heavy atom. The second kappa shape index (κ2) is 8.28. The molecule has 3 rings (SSSR count). The normalized spacial score (nSPS) is 12.8. The van der Waals surface area contributed by atoms with E-state index < -0.39 is 0 Å². The second-order valence-corrected chi connectivity index (χ2v) is 7.31. The van der Waals surface area contributed by atoms with Crippen LogP contribution in [0.5, 0.6) is 0 Å². The molecule has 0 aliphatic carbocycles. The summed E-state index contributed by atoms with van der Waals surface area (Å²) in [5.74, 6) is 0.101. The Bertz CT molecular complexity index is 919. The monoisotopic (exact) mass is 408 g/mol. The molecule has 26 heavy (non-hydrogen) atoms. The van der Waals surface area contributed by atoms with Crippen molar-refractivity contribution in [3.8, 4) is 0 Å². The molecule has 1 heterocycles. The van der Waals surface area contributed by atoms with E-state index in [4.69, 9.17) is 0 Å². The van der Waals surface area contributed by atoms with Crippen LogP contribution >= 0.6 is 15.9 Å². The van der Waals surface area contributed by atoms with Gasteiger partial charge in [0.2, 0.25) is 0 Å². The summed E-state index contributed by atoms with van der Waals surface area (Å²) in [4.78, 5) is 4.23. The van der Waals surface area contributed by atoms with Crippen molar-refractivity contribution in [1.82, 2.24) is 4.98 Å². The number of nitrogens with zero attached hydrogens (tertiary/aromatic N) is 2. The third kappa shape index (κ3) is 4.20. The van der Waals surface area contributed by atoms with Gasteiger partial charge in [-0.05, 0) is 54.8 Å². The van der Waals surface area contributed by atoms with E-state index in [2.05, 4.69) is 63.3 Å².